The number of nitrogens with zero attached hydrogens (tertiary/aromatic N) is 4. The molecule has 0 unspecified atom stereocenters. The van der Waals surface area contributed by atoms with E-state index in [1.165, 1.54) is 44.3 Å². The molecule has 3 heterocycles. The lowest BCUT2D eigenvalue weighted by Gasteiger charge is -2.36. The number of piperazine rings is 1. The van der Waals surface area contributed by atoms with Crippen LogP contribution in [0.3, 0.4) is 0 Å². The van der Waals surface area contributed by atoms with E-state index in [0.29, 0.717) is 5.56 Å². The Labute approximate surface area is 255 Å². The van der Waals surface area contributed by atoms with Crippen LogP contribution >= 0.6 is 11.6 Å². The fourth-order valence-corrected chi connectivity index (χ4v) is 6.72. The van der Waals surface area contributed by atoms with Crippen LogP contribution in [0.25, 0.3) is 10.8 Å². The van der Waals surface area contributed by atoms with Crippen molar-refractivity contribution >= 4 is 45.9 Å². The predicted molar refractivity (Wildman–Crippen MR) is 174 cm³/mol. The van der Waals surface area contributed by atoms with Gasteiger partial charge in [0.05, 0.1) is 23.9 Å². The average molecular weight is 587 g/mol. The van der Waals surface area contributed by atoms with Crippen LogP contribution in [-0.2, 0) is 0 Å². The van der Waals surface area contributed by atoms with Crippen LogP contribution in [0, 0.1) is 6.92 Å². The van der Waals surface area contributed by atoms with Crippen LogP contribution in [0.15, 0.2) is 53.5 Å². The molecule has 2 fully saturated rings. The Kier molecular flexibility index (Phi) is 9.30. The molecule has 1 atom stereocenters. The summed E-state index contributed by atoms with van der Waals surface area (Å²) in [5.74, 6) is 1.04. The Hall–Kier alpha value is -3.09. The minimum absolute atomic E-state index is 0.109. The van der Waals surface area contributed by atoms with Gasteiger partial charge < -0.3 is 14.5 Å². The fraction of sp³-hybridized carbons (Fsp3) is 0.486. The van der Waals surface area contributed by atoms with Crippen LogP contribution in [0.2, 0.25) is 5.02 Å². The summed E-state index contributed by atoms with van der Waals surface area (Å²) in [5.41, 5.74) is 3.88. The molecule has 3 aliphatic rings. The summed E-state index contributed by atoms with van der Waals surface area (Å²) in [6.45, 7) is 9.32. The van der Waals surface area contributed by atoms with Gasteiger partial charge in [-0.25, -0.2) is 0 Å². The van der Waals surface area contributed by atoms with Crippen LogP contribution in [0.5, 0.6) is 5.75 Å². The molecule has 7 heteroatoms. The van der Waals surface area contributed by atoms with Crippen molar-refractivity contribution in [3.63, 3.8) is 0 Å². The van der Waals surface area contributed by atoms with Gasteiger partial charge in [-0.2, -0.15) is 0 Å². The molecule has 3 aliphatic heterocycles. The quantitative estimate of drug-likeness (QED) is 0.216. The molecule has 3 aromatic carbocycles. The Bertz CT molecular complexity index is 1410. The number of aliphatic imine (C=N–C) groups is 1. The Morgan fingerprint density at radius 3 is 2.43 bits per heavy atom. The molecule has 6 rings (SSSR count). The van der Waals surface area contributed by atoms with Gasteiger partial charge in [-0.1, -0.05) is 37.3 Å². The predicted octanol–water partition coefficient (Wildman–Crippen LogP) is 7.66. The van der Waals surface area contributed by atoms with Crippen molar-refractivity contribution < 1.29 is 9.53 Å². The Balaban J connectivity index is 0.887. The van der Waals surface area contributed by atoms with Gasteiger partial charge >= 0.3 is 0 Å². The van der Waals surface area contributed by atoms with Crippen LogP contribution < -0.4 is 9.64 Å². The molecule has 1 amide bonds. The summed E-state index contributed by atoms with van der Waals surface area (Å²) in [6.07, 6.45) is 11.4. The molecule has 222 valence electrons. The largest absolute Gasteiger partial charge is 0.493 e. The smallest absolute Gasteiger partial charge is 0.256 e. The molecule has 0 aliphatic carbocycles. The van der Waals surface area contributed by atoms with E-state index in [-0.39, 0.29) is 11.9 Å². The van der Waals surface area contributed by atoms with Gasteiger partial charge in [0.15, 0.2) is 0 Å². The lowest BCUT2D eigenvalue weighted by Crippen LogP contribution is -2.46. The number of carbonyl (C=O) groups excluding carboxylic acids is 1. The van der Waals surface area contributed by atoms with E-state index in [2.05, 4.69) is 41.0 Å². The van der Waals surface area contributed by atoms with Crippen molar-refractivity contribution in [3.05, 3.63) is 64.7 Å². The summed E-state index contributed by atoms with van der Waals surface area (Å²) in [4.78, 5) is 24.9. The van der Waals surface area contributed by atoms with Crippen molar-refractivity contribution in [2.24, 2.45) is 4.99 Å². The summed E-state index contributed by atoms with van der Waals surface area (Å²) in [7, 11) is 0. The third-order valence-corrected chi connectivity index (χ3v) is 9.37. The minimum atomic E-state index is 0.109. The van der Waals surface area contributed by atoms with Gasteiger partial charge in [0.2, 0.25) is 0 Å². The lowest BCUT2D eigenvalue weighted by molar-refractivity contribution is 0.0775. The summed E-state index contributed by atoms with van der Waals surface area (Å²) < 4.78 is 6.22. The molecule has 6 nitrogen and oxygen atoms in total. The van der Waals surface area contributed by atoms with E-state index in [1.54, 1.807) is 0 Å². The van der Waals surface area contributed by atoms with E-state index in [0.717, 1.165) is 91.4 Å². The summed E-state index contributed by atoms with van der Waals surface area (Å²) >= 11 is 6.03. The number of hydrogen-bond donors (Lipinski definition) is 0. The summed E-state index contributed by atoms with van der Waals surface area (Å²) in [5, 5.41) is 2.95. The van der Waals surface area contributed by atoms with Crippen LogP contribution in [0.1, 0.15) is 67.3 Å². The number of ether oxygens (including phenoxy) is 1. The highest BCUT2D eigenvalue weighted by atomic mass is 35.5. The fourth-order valence-electron chi connectivity index (χ4n) is 6.59. The molecule has 0 saturated carbocycles. The monoisotopic (exact) mass is 586 g/mol. The third kappa shape index (κ3) is 6.76. The van der Waals surface area contributed by atoms with Gasteiger partial charge in [-0.15, -0.1) is 0 Å². The number of rotatable bonds is 11. The molecular weight excluding hydrogens is 544 g/mol. The zero-order valence-corrected chi connectivity index (χ0v) is 25.6. The van der Waals surface area contributed by atoms with Gasteiger partial charge in [-0.05, 0) is 104 Å². The zero-order valence-electron chi connectivity index (χ0n) is 24.9. The molecule has 0 radical (unpaired) electrons. The molecule has 2 saturated heterocycles. The SMILES string of the molecule is Cc1cc2cc3c(cc2cc1OCCCCCCCCN1CCN(c2ccc(Cl)cc2)CC1)N=C[C@@H]1CCCN1C3=O. The summed E-state index contributed by atoms with van der Waals surface area (Å²) in [6, 6.07) is 16.7. The highest BCUT2D eigenvalue weighted by Gasteiger charge is 2.31. The number of amides is 1. The Morgan fingerprint density at radius 2 is 1.62 bits per heavy atom. The minimum Gasteiger partial charge on any atom is -0.493 e. The first-order valence-electron chi connectivity index (χ1n) is 15.8. The molecule has 0 N–H and O–H groups in total. The maximum atomic E-state index is 13.2. The second-order valence-electron chi connectivity index (χ2n) is 12.1. The van der Waals surface area contributed by atoms with E-state index in [4.69, 9.17) is 21.3 Å². The molecule has 0 aromatic heterocycles. The number of unbranched alkanes of at least 4 members (excludes halogenated alkanes) is 5. The van der Waals surface area contributed by atoms with E-state index in [9.17, 15) is 4.79 Å². The van der Waals surface area contributed by atoms with Crippen molar-refractivity contribution in [1.82, 2.24) is 9.80 Å². The molecule has 0 spiro atoms. The van der Waals surface area contributed by atoms with E-state index < -0.39 is 0 Å². The number of anilines is 1. The molecule has 0 bridgehead atoms. The third-order valence-electron chi connectivity index (χ3n) is 9.12. The maximum absolute atomic E-state index is 13.2. The number of fused-ring (bicyclic) bond motifs is 3. The highest BCUT2D eigenvalue weighted by Crippen LogP contribution is 2.35. The number of hydrogen-bond acceptors (Lipinski definition) is 5. The first-order chi connectivity index (χ1) is 20.5. The first-order valence-corrected chi connectivity index (χ1v) is 16.2. The molecule has 3 aromatic rings. The van der Waals surface area contributed by atoms with E-state index >= 15 is 0 Å². The number of carbonyl (C=O) groups is 1. The maximum Gasteiger partial charge on any atom is 0.256 e. The topological polar surface area (TPSA) is 48.4 Å². The standard InChI is InChI=1S/C35H43ClN4O2/c1-26-21-27-22-32-33(37-25-31-9-8-15-40(31)35(32)41)23-28(27)24-34(26)42-20-7-5-3-2-4-6-14-38-16-18-39(19-17-38)30-12-10-29(36)11-13-30/h10-13,21-25,31H,2-9,14-20H2,1H3/t31-/m0/s1. The van der Waals surface area contributed by atoms with Crippen LogP contribution in [0.4, 0.5) is 11.4 Å². The number of halogens is 1. The normalized spacial score (nSPS) is 18.8. The van der Waals surface area contributed by atoms with E-state index in [1.807, 2.05) is 35.4 Å². The second-order valence-corrected chi connectivity index (χ2v) is 12.5. The van der Waals surface area contributed by atoms with Gasteiger partial charge in [0, 0.05) is 49.6 Å². The van der Waals surface area contributed by atoms with Gasteiger partial charge in [0.25, 0.3) is 5.91 Å². The first kappa shape index (κ1) is 29.0. The lowest BCUT2D eigenvalue weighted by atomic mass is 10.0. The number of aryl methyl sites for hydroxylation is 1. The Morgan fingerprint density at radius 1 is 0.881 bits per heavy atom. The van der Waals surface area contributed by atoms with Gasteiger partial charge in [0.1, 0.15) is 5.75 Å². The zero-order chi connectivity index (χ0) is 28.9. The van der Waals surface area contributed by atoms with Crippen molar-refractivity contribution in [2.45, 2.75) is 64.3 Å². The average Bonchev–Trinajstić information content (AvgIpc) is 3.44. The molecule has 42 heavy (non-hydrogen) atoms. The van der Waals surface area contributed by atoms with Crippen molar-refractivity contribution in [1.29, 1.82) is 0 Å². The highest BCUT2D eigenvalue weighted by molar-refractivity contribution is 6.30. The van der Waals surface area contributed by atoms with Crippen molar-refractivity contribution in [3.8, 4) is 5.75 Å². The van der Waals surface area contributed by atoms with Crippen molar-refractivity contribution in [2.75, 3.05) is 50.8 Å². The molecular formula is C35H43ClN4O2. The van der Waals surface area contributed by atoms with Gasteiger partial charge in [-0.3, -0.25) is 14.7 Å². The second kappa shape index (κ2) is 13.5. The number of benzene rings is 3. The van der Waals surface area contributed by atoms with Crippen LogP contribution in [-0.4, -0.2) is 73.8 Å².